The molecule has 0 spiro atoms. The predicted octanol–water partition coefficient (Wildman–Crippen LogP) is 3.33. The van der Waals surface area contributed by atoms with E-state index in [1.165, 1.54) is 6.07 Å². The fraction of sp³-hybridized carbons (Fsp3) is 0.222. The maximum absolute atomic E-state index is 14.3. The number of hydrogen-bond donors (Lipinski definition) is 1. The number of aliphatic hydroxyl groups is 1. The van der Waals surface area contributed by atoms with E-state index in [0.29, 0.717) is 11.1 Å². The number of ether oxygens (including phenoxy) is 1. The number of carbonyl (C=O) groups is 1. The van der Waals surface area contributed by atoms with Gasteiger partial charge in [0, 0.05) is 5.56 Å². The van der Waals surface area contributed by atoms with Gasteiger partial charge in [-0.1, -0.05) is 42.5 Å². The molecule has 0 aliphatic carbocycles. The zero-order valence-electron chi connectivity index (χ0n) is 12.3. The van der Waals surface area contributed by atoms with Crippen molar-refractivity contribution in [3.8, 4) is 11.1 Å². The molecule has 2 rings (SSSR count). The fourth-order valence-corrected chi connectivity index (χ4v) is 2.09. The predicted molar refractivity (Wildman–Crippen MR) is 82.6 cm³/mol. The normalized spacial score (nSPS) is 13.5. The van der Waals surface area contributed by atoms with Crippen molar-refractivity contribution < 1.29 is 19.0 Å². The first-order valence-corrected chi connectivity index (χ1v) is 7.01. The van der Waals surface area contributed by atoms with Gasteiger partial charge >= 0.3 is 5.97 Å². The molecular weight excluding hydrogens is 283 g/mol. The third kappa shape index (κ3) is 3.92. The van der Waals surface area contributed by atoms with E-state index in [1.807, 2.05) is 30.3 Å². The van der Waals surface area contributed by atoms with Crippen molar-refractivity contribution in [1.29, 1.82) is 0 Å². The molecule has 0 aliphatic heterocycles. The fourth-order valence-electron chi connectivity index (χ4n) is 2.09. The summed E-state index contributed by atoms with van der Waals surface area (Å²) in [6.07, 6.45) is -0.964. The third-order valence-electron chi connectivity index (χ3n) is 3.35. The van der Waals surface area contributed by atoms with Crippen molar-refractivity contribution in [2.45, 2.75) is 18.9 Å². The molecule has 0 fully saturated rings. The Morgan fingerprint density at radius 2 is 1.95 bits per heavy atom. The van der Waals surface area contributed by atoms with Crippen LogP contribution in [0.2, 0.25) is 0 Å². The summed E-state index contributed by atoms with van der Waals surface area (Å²) in [4.78, 5) is 11.8. The summed E-state index contributed by atoms with van der Waals surface area (Å²) >= 11 is 0. The second kappa shape index (κ2) is 7.18. The lowest BCUT2D eigenvalue weighted by atomic mass is 9.97. The molecule has 0 heterocycles. The molecule has 2 aromatic carbocycles. The molecular formula is C18H18FO3. The average Bonchev–Trinajstić information content (AvgIpc) is 2.52. The van der Waals surface area contributed by atoms with Crippen molar-refractivity contribution in [1.82, 2.24) is 0 Å². The van der Waals surface area contributed by atoms with Gasteiger partial charge in [-0.3, -0.25) is 4.79 Å². The Hall–Kier alpha value is -2.20. The SMILES string of the molecule is [CH2]C(O)COC(=O)C(C)c1ccc(-c2ccccc2)c(F)c1. The lowest BCUT2D eigenvalue weighted by Gasteiger charge is -2.14. The quantitative estimate of drug-likeness (QED) is 0.862. The van der Waals surface area contributed by atoms with Crippen LogP contribution in [-0.4, -0.2) is 23.8 Å². The van der Waals surface area contributed by atoms with Crippen molar-refractivity contribution >= 4 is 5.97 Å². The van der Waals surface area contributed by atoms with Gasteiger partial charge in [-0.05, 0) is 31.0 Å². The van der Waals surface area contributed by atoms with Crippen LogP contribution >= 0.6 is 0 Å². The average molecular weight is 301 g/mol. The summed E-state index contributed by atoms with van der Waals surface area (Å²) in [5, 5.41) is 9.01. The van der Waals surface area contributed by atoms with Crippen LogP contribution in [0.25, 0.3) is 11.1 Å². The molecule has 0 aliphatic rings. The highest BCUT2D eigenvalue weighted by atomic mass is 19.1. The molecule has 0 aromatic heterocycles. The van der Waals surface area contributed by atoms with Gasteiger partial charge in [0.15, 0.2) is 0 Å². The Labute approximate surface area is 129 Å². The summed E-state index contributed by atoms with van der Waals surface area (Å²) in [5.41, 5.74) is 1.79. The zero-order chi connectivity index (χ0) is 16.1. The maximum Gasteiger partial charge on any atom is 0.313 e. The summed E-state index contributed by atoms with van der Waals surface area (Å²) in [6, 6.07) is 13.9. The van der Waals surface area contributed by atoms with Gasteiger partial charge in [-0.15, -0.1) is 0 Å². The van der Waals surface area contributed by atoms with Crippen LogP contribution in [0.4, 0.5) is 4.39 Å². The number of halogens is 1. The molecule has 2 aromatic rings. The first-order valence-electron chi connectivity index (χ1n) is 7.01. The maximum atomic E-state index is 14.3. The molecule has 1 radical (unpaired) electrons. The highest BCUT2D eigenvalue weighted by molar-refractivity contribution is 5.78. The molecule has 3 nitrogen and oxygen atoms in total. The van der Waals surface area contributed by atoms with Gasteiger partial charge in [-0.2, -0.15) is 0 Å². The largest absolute Gasteiger partial charge is 0.462 e. The van der Waals surface area contributed by atoms with Gasteiger partial charge in [-0.25, -0.2) is 4.39 Å². The lowest BCUT2D eigenvalue weighted by molar-refractivity contribution is -0.147. The van der Waals surface area contributed by atoms with Crippen LogP contribution in [0, 0.1) is 12.7 Å². The first kappa shape index (κ1) is 16.2. The summed E-state index contributed by atoms with van der Waals surface area (Å²) < 4.78 is 19.2. The van der Waals surface area contributed by atoms with Gasteiger partial charge in [0.1, 0.15) is 12.4 Å². The van der Waals surface area contributed by atoms with E-state index in [-0.39, 0.29) is 12.4 Å². The van der Waals surface area contributed by atoms with Crippen molar-refractivity contribution in [3.05, 3.63) is 66.8 Å². The van der Waals surface area contributed by atoms with Crippen molar-refractivity contribution in [2.24, 2.45) is 0 Å². The van der Waals surface area contributed by atoms with E-state index < -0.39 is 18.0 Å². The number of aliphatic hydroxyl groups excluding tert-OH is 1. The molecule has 0 bridgehead atoms. The van der Waals surface area contributed by atoms with Gasteiger partial charge in [0.25, 0.3) is 0 Å². The van der Waals surface area contributed by atoms with Gasteiger partial charge in [0.2, 0.25) is 0 Å². The van der Waals surface area contributed by atoms with E-state index in [4.69, 9.17) is 9.84 Å². The third-order valence-corrected chi connectivity index (χ3v) is 3.35. The topological polar surface area (TPSA) is 46.5 Å². The molecule has 2 unspecified atom stereocenters. The molecule has 115 valence electrons. The minimum Gasteiger partial charge on any atom is -0.462 e. The molecule has 1 N–H and O–H groups in total. The summed E-state index contributed by atoms with van der Waals surface area (Å²) in [7, 11) is 0. The zero-order valence-corrected chi connectivity index (χ0v) is 12.3. The van der Waals surface area contributed by atoms with Crippen molar-refractivity contribution in [3.63, 3.8) is 0 Å². The van der Waals surface area contributed by atoms with E-state index in [2.05, 4.69) is 6.92 Å². The van der Waals surface area contributed by atoms with Crippen LogP contribution in [0.1, 0.15) is 18.4 Å². The van der Waals surface area contributed by atoms with Gasteiger partial charge in [0.05, 0.1) is 12.0 Å². The number of esters is 1. The molecule has 0 amide bonds. The highest BCUT2D eigenvalue weighted by Crippen LogP contribution is 2.26. The summed E-state index contributed by atoms with van der Waals surface area (Å²) in [5.74, 6) is -1.52. The van der Waals surface area contributed by atoms with E-state index in [0.717, 1.165) is 5.56 Å². The first-order chi connectivity index (χ1) is 10.5. The van der Waals surface area contributed by atoms with Crippen LogP contribution in [0.5, 0.6) is 0 Å². The second-order valence-corrected chi connectivity index (χ2v) is 5.11. The number of carbonyl (C=O) groups excluding carboxylic acids is 1. The Kier molecular flexibility index (Phi) is 5.28. The minimum absolute atomic E-state index is 0.173. The minimum atomic E-state index is -0.964. The van der Waals surface area contributed by atoms with E-state index in [1.54, 1.807) is 19.1 Å². The van der Waals surface area contributed by atoms with E-state index in [9.17, 15) is 9.18 Å². The Bertz CT molecular complexity index is 638. The number of benzene rings is 2. The molecule has 2 atom stereocenters. The van der Waals surface area contributed by atoms with Crippen LogP contribution in [0.3, 0.4) is 0 Å². The number of rotatable bonds is 5. The van der Waals surface area contributed by atoms with Gasteiger partial charge < -0.3 is 9.84 Å². The number of hydrogen-bond acceptors (Lipinski definition) is 3. The second-order valence-electron chi connectivity index (χ2n) is 5.11. The molecule has 0 saturated carbocycles. The summed E-state index contributed by atoms with van der Waals surface area (Å²) in [6.45, 7) is 4.78. The van der Waals surface area contributed by atoms with Crippen LogP contribution in [0.15, 0.2) is 48.5 Å². The highest BCUT2D eigenvalue weighted by Gasteiger charge is 2.19. The molecule has 0 saturated heterocycles. The Morgan fingerprint density at radius 1 is 1.27 bits per heavy atom. The molecule has 4 heteroatoms. The van der Waals surface area contributed by atoms with Crippen LogP contribution < -0.4 is 0 Å². The van der Waals surface area contributed by atoms with E-state index >= 15 is 0 Å². The standard InChI is InChI=1S/C18H18FO3/c1-12(20)11-22-18(21)13(2)15-8-9-16(17(19)10-15)14-6-4-3-5-7-14/h3-10,12-13,20H,1,11H2,2H3. The smallest absolute Gasteiger partial charge is 0.313 e. The van der Waals surface area contributed by atoms with Crippen molar-refractivity contribution in [2.75, 3.05) is 6.61 Å². The Morgan fingerprint density at radius 3 is 2.55 bits per heavy atom. The van der Waals surface area contributed by atoms with Crippen LogP contribution in [-0.2, 0) is 9.53 Å². The Balaban J connectivity index is 2.17. The monoisotopic (exact) mass is 301 g/mol. The molecule has 22 heavy (non-hydrogen) atoms. The lowest BCUT2D eigenvalue weighted by Crippen LogP contribution is -2.19.